The number of para-hydroxylation sites is 1. The van der Waals surface area contributed by atoms with Crippen LogP contribution in [0.4, 0.5) is 5.69 Å². The molecule has 0 atom stereocenters. The van der Waals surface area contributed by atoms with Gasteiger partial charge in [0.15, 0.2) is 5.78 Å². The summed E-state index contributed by atoms with van der Waals surface area (Å²) >= 11 is 3.00. The lowest BCUT2D eigenvalue weighted by atomic mass is 10.2. The first-order chi connectivity index (χ1) is 6.72. The third-order valence-electron chi connectivity index (χ3n) is 1.56. The fourth-order valence-corrected chi connectivity index (χ4v) is 1.15. The Kier molecular flexibility index (Phi) is 4.32. The van der Waals surface area contributed by atoms with Crippen LogP contribution in [0.25, 0.3) is 0 Å². The molecule has 0 fully saturated rings. The van der Waals surface area contributed by atoms with Crippen molar-refractivity contribution in [3.63, 3.8) is 0 Å². The molecule has 0 aromatic heterocycles. The zero-order valence-corrected chi connectivity index (χ0v) is 9.08. The summed E-state index contributed by atoms with van der Waals surface area (Å²) in [6, 6.07) is 9.05. The zero-order valence-electron chi connectivity index (χ0n) is 7.50. The number of hydrogen-bond donors (Lipinski definition) is 1. The van der Waals surface area contributed by atoms with Gasteiger partial charge < -0.3 is 5.32 Å². The SMILES string of the molecule is O=C(CBr)CC(=O)Nc1ccccc1. The highest BCUT2D eigenvalue weighted by atomic mass is 79.9. The number of halogens is 1. The molecule has 0 aliphatic heterocycles. The van der Waals surface area contributed by atoms with Crippen LogP contribution in [0, 0.1) is 0 Å². The third kappa shape index (κ3) is 3.70. The van der Waals surface area contributed by atoms with E-state index in [0.29, 0.717) is 5.69 Å². The Balaban J connectivity index is 2.46. The molecule has 0 aliphatic rings. The van der Waals surface area contributed by atoms with Crippen molar-refractivity contribution >= 4 is 33.3 Å². The molecule has 1 aromatic rings. The molecule has 1 rings (SSSR count). The smallest absolute Gasteiger partial charge is 0.231 e. The monoisotopic (exact) mass is 255 g/mol. The minimum absolute atomic E-state index is 0.0832. The summed E-state index contributed by atoms with van der Waals surface area (Å²) in [4.78, 5) is 22.1. The minimum atomic E-state index is -0.277. The largest absolute Gasteiger partial charge is 0.326 e. The average molecular weight is 256 g/mol. The van der Waals surface area contributed by atoms with Crippen LogP contribution >= 0.6 is 15.9 Å². The minimum Gasteiger partial charge on any atom is -0.326 e. The standard InChI is InChI=1S/C10H10BrNO2/c11-7-9(13)6-10(14)12-8-4-2-1-3-5-8/h1-5H,6-7H2,(H,12,14). The molecule has 0 bridgehead atoms. The highest BCUT2D eigenvalue weighted by Crippen LogP contribution is 2.05. The van der Waals surface area contributed by atoms with E-state index in [9.17, 15) is 9.59 Å². The van der Waals surface area contributed by atoms with Gasteiger partial charge in [-0.3, -0.25) is 9.59 Å². The Hall–Kier alpha value is -1.16. The van der Waals surface area contributed by atoms with Gasteiger partial charge in [0.2, 0.25) is 5.91 Å². The van der Waals surface area contributed by atoms with Crippen molar-refractivity contribution in [3.8, 4) is 0 Å². The van der Waals surface area contributed by atoms with E-state index in [1.807, 2.05) is 18.2 Å². The van der Waals surface area contributed by atoms with Gasteiger partial charge in [-0.1, -0.05) is 34.1 Å². The molecule has 0 saturated heterocycles. The van der Waals surface area contributed by atoms with Crippen molar-refractivity contribution in [3.05, 3.63) is 30.3 Å². The molecule has 0 saturated carbocycles. The second-order valence-electron chi connectivity index (χ2n) is 2.76. The summed E-state index contributed by atoms with van der Waals surface area (Å²) in [5, 5.41) is 2.84. The van der Waals surface area contributed by atoms with Gasteiger partial charge in [-0.2, -0.15) is 0 Å². The predicted octanol–water partition coefficient (Wildman–Crippen LogP) is 1.98. The first kappa shape index (κ1) is 10.9. The number of Topliss-reactive ketones (excluding diaryl/α,β-unsaturated/α-hetero) is 1. The fourth-order valence-electron chi connectivity index (χ4n) is 0.953. The summed E-state index contributed by atoms with van der Waals surface area (Å²) in [5.74, 6) is -0.404. The first-order valence-electron chi connectivity index (χ1n) is 4.15. The number of benzene rings is 1. The van der Waals surface area contributed by atoms with E-state index in [-0.39, 0.29) is 23.4 Å². The van der Waals surface area contributed by atoms with Gasteiger partial charge in [0.1, 0.15) is 0 Å². The van der Waals surface area contributed by atoms with E-state index in [4.69, 9.17) is 0 Å². The quantitative estimate of drug-likeness (QED) is 0.661. The molecule has 0 radical (unpaired) electrons. The van der Waals surface area contributed by atoms with Gasteiger partial charge in [-0.25, -0.2) is 0 Å². The highest BCUT2D eigenvalue weighted by molar-refractivity contribution is 9.09. The number of carbonyl (C=O) groups is 2. The zero-order chi connectivity index (χ0) is 10.4. The van der Waals surface area contributed by atoms with Crippen LogP contribution in [-0.4, -0.2) is 17.0 Å². The molecule has 1 aromatic carbocycles. The first-order valence-corrected chi connectivity index (χ1v) is 5.27. The molecule has 74 valence electrons. The van der Waals surface area contributed by atoms with Gasteiger partial charge in [0, 0.05) is 5.69 Å². The van der Waals surface area contributed by atoms with Crippen molar-refractivity contribution in [2.75, 3.05) is 10.6 Å². The third-order valence-corrected chi connectivity index (χ3v) is 2.19. The number of hydrogen-bond acceptors (Lipinski definition) is 2. The van der Waals surface area contributed by atoms with Gasteiger partial charge in [-0.05, 0) is 12.1 Å². The van der Waals surface area contributed by atoms with E-state index in [1.54, 1.807) is 12.1 Å². The highest BCUT2D eigenvalue weighted by Gasteiger charge is 2.07. The number of carbonyl (C=O) groups excluding carboxylic acids is 2. The summed E-state index contributed by atoms with van der Waals surface area (Å²) in [5.41, 5.74) is 0.708. The van der Waals surface area contributed by atoms with Crippen molar-refractivity contribution in [1.29, 1.82) is 0 Å². The summed E-state index contributed by atoms with van der Waals surface area (Å²) < 4.78 is 0. The van der Waals surface area contributed by atoms with Crippen LogP contribution < -0.4 is 5.32 Å². The Morgan fingerprint density at radius 2 is 1.86 bits per heavy atom. The Bertz CT molecular complexity index is 324. The molecule has 3 nitrogen and oxygen atoms in total. The van der Waals surface area contributed by atoms with Crippen LogP contribution in [0.15, 0.2) is 30.3 Å². The van der Waals surface area contributed by atoms with Crippen LogP contribution in [0.3, 0.4) is 0 Å². The molecule has 0 spiro atoms. The lowest BCUT2D eigenvalue weighted by molar-refractivity contribution is -0.123. The Labute approximate surface area is 90.6 Å². The van der Waals surface area contributed by atoms with Gasteiger partial charge in [0.25, 0.3) is 0 Å². The van der Waals surface area contributed by atoms with E-state index in [1.165, 1.54) is 0 Å². The number of anilines is 1. The van der Waals surface area contributed by atoms with Crippen LogP contribution in [-0.2, 0) is 9.59 Å². The summed E-state index contributed by atoms with van der Waals surface area (Å²) in [7, 11) is 0. The van der Waals surface area contributed by atoms with Crippen molar-refractivity contribution in [2.45, 2.75) is 6.42 Å². The number of rotatable bonds is 4. The molecule has 0 unspecified atom stereocenters. The van der Waals surface area contributed by atoms with E-state index >= 15 is 0 Å². The molecular formula is C10H10BrNO2. The molecule has 1 amide bonds. The average Bonchev–Trinajstić information content (AvgIpc) is 2.19. The maximum Gasteiger partial charge on any atom is 0.231 e. The maximum absolute atomic E-state index is 11.2. The number of ketones is 1. The normalized spacial score (nSPS) is 9.50. The van der Waals surface area contributed by atoms with Crippen molar-refractivity contribution < 1.29 is 9.59 Å². The van der Waals surface area contributed by atoms with Crippen LogP contribution in [0.5, 0.6) is 0 Å². The van der Waals surface area contributed by atoms with Crippen LogP contribution in [0.1, 0.15) is 6.42 Å². The summed E-state index contributed by atoms with van der Waals surface area (Å²) in [6.07, 6.45) is -0.0832. The van der Waals surface area contributed by atoms with Gasteiger partial charge in [-0.15, -0.1) is 0 Å². The molecule has 0 aliphatic carbocycles. The van der Waals surface area contributed by atoms with E-state index in [0.717, 1.165) is 0 Å². The molecular weight excluding hydrogens is 246 g/mol. The Morgan fingerprint density at radius 1 is 1.21 bits per heavy atom. The van der Waals surface area contributed by atoms with Crippen molar-refractivity contribution in [2.24, 2.45) is 0 Å². The second kappa shape index (κ2) is 5.54. The van der Waals surface area contributed by atoms with Crippen LogP contribution in [0.2, 0.25) is 0 Å². The van der Waals surface area contributed by atoms with Gasteiger partial charge in [0.05, 0.1) is 11.8 Å². The van der Waals surface area contributed by atoms with E-state index < -0.39 is 0 Å². The second-order valence-corrected chi connectivity index (χ2v) is 3.32. The molecule has 4 heteroatoms. The topological polar surface area (TPSA) is 46.2 Å². The maximum atomic E-state index is 11.2. The number of nitrogens with one attached hydrogen (secondary N) is 1. The molecule has 0 heterocycles. The molecule has 1 N–H and O–H groups in total. The van der Waals surface area contributed by atoms with E-state index in [2.05, 4.69) is 21.2 Å². The van der Waals surface area contributed by atoms with Crippen molar-refractivity contribution in [1.82, 2.24) is 0 Å². The number of alkyl halides is 1. The predicted molar refractivity (Wildman–Crippen MR) is 58.5 cm³/mol. The fraction of sp³-hybridized carbons (Fsp3) is 0.200. The van der Waals surface area contributed by atoms with Gasteiger partial charge >= 0.3 is 0 Å². The summed E-state index contributed by atoms with van der Waals surface area (Å²) in [6.45, 7) is 0. The lowest BCUT2D eigenvalue weighted by Crippen LogP contribution is -2.16. The number of amides is 1. The lowest BCUT2D eigenvalue weighted by Gasteiger charge is -2.02. The Morgan fingerprint density at radius 3 is 2.43 bits per heavy atom. The molecule has 14 heavy (non-hydrogen) atoms.